The van der Waals surface area contributed by atoms with E-state index in [0.717, 1.165) is 0 Å². The number of carbonyl (C=O) groups is 3. The summed E-state index contributed by atoms with van der Waals surface area (Å²) in [6, 6.07) is 11.4. The Bertz CT molecular complexity index is 1650. The van der Waals surface area contributed by atoms with E-state index in [1.807, 2.05) is 0 Å². The lowest BCUT2D eigenvalue weighted by Gasteiger charge is -2.08. The smallest absolute Gasteiger partial charge is 0.270 e. The predicted octanol–water partition coefficient (Wildman–Crippen LogP) is 3.03. The van der Waals surface area contributed by atoms with Gasteiger partial charge < -0.3 is 25.2 Å². The van der Waals surface area contributed by atoms with Crippen molar-refractivity contribution in [2.75, 3.05) is 14.2 Å². The third-order valence-corrected chi connectivity index (χ3v) is 5.83. The van der Waals surface area contributed by atoms with Crippen molar-refractivity contribution in [3.8, 4) is 11.5 Å². The molecule has 0 aliphatic heterocycles. The normalized spacial score (nSPS) is 10.2. The second-order valence-corrected chi connectivity index (χ2v) is 9.10. The number of hydrogen-bond donors (Lipinski definition) is 3. The SMILES string of the molecule is COc1cc(CNC(=O)c2cc(C=O)nc(C)n2)ccc1F.COc1cc(CNC(=O)c2cc(CO)nc(C)n2)ccc1F. The number of ether oxygens (including phenoxy) is 2. The number of amides is 2. The van der Waals surface area contributed by atoms with Crippen molar-refractivity contribution < 1.29 is 37.7 Å². The molecule has 14 heteroatoms. The van der Waals surface area contributed by atoms with Crippen LogP contribution in [0.15, 0.2) is 48.5 Å². The lowest BCUT2D eigenvalue weighted by Crippen LogP contribution is -2.24. The van der Waals surface area contributed by atoms with Gasteiger partial charge in [0.25, 0.3) is 11.8 Å². The number of hydrogen-bond acceptors (Lipinski definition) is 10. The molecule has 4 aromatic rings. The average Bonchev–Trinajstić information content (AvgIpc) is 3.03. The van der Waals surface area contributed by atoms with Gasteiger partial charge in [-0.25, -0.2) is 28.7 Å². The molecule has 0 spiro atoms. The summed E-state index contributed by atoms with van der Waals surface area (Å²) in [6.07, 6.45) is 0.552. The van der Waals surface area contributed by atoms with Crippen LogP contribution in [0.25, 0.3) is 0 Å². The molecule has 4 rings (SSSR count). The summed E-state index contributed by atoms with van der Waals surface area (Å²) in [5.41, 5.74) is 2.16. The molecule has 0 aliphatic rings. The molecule has 2 aromatic carbocycles. The Morgan fingerprint density at radius 2 is 1.25 bits per heavy atom. The van der Waals surface area contributed by atoms with Gasteiger partial charge in [0, 0.05) is 13.1 Å². The van der Waals surface area contributed by atoms with Gasteiger partial charge in [-0.05, 0) is 61.4 Å². The molecule has 0 unspecified atom stereocenters. The van der Waals surface area contributed by atoms with E-state index in [9.17, 15) is 23.2 Å². The highest BCUT2D eigenvalue weighted by atomic mass is 19.1. The first-order valence-electron chi connectivity index (χ1n) is 13.0. The molecule has 2 heterocycles. The number of benzene rings is 2. The Balaban J connectivity index is 0.000000240. The fourth-order valence-corrected chi connectivity index (χ4v) is 3.77. The number of aliphatic hydroxyl groups excluding tert-OH is 1. The van der Waals surface area contributed by atoms with Crippen molar-refractivity contribution >= 4 is 18.1 Å². The lowest BCUT2D eigenvalue weighted by atomic mass is 10.2. The van der Waals surface area contributed by atoms with Crippen LogP contribution in [0.4, 0.5) is 8.78 Å². The summed E-state index contributed by atoms with van der Waals surface area (Å²) in [7, 11) is 2.74. The van der Waals surface area contributed by atoms with E-state index >= 15 is 0 Å². The minimum absolute atomic E-state index is 0.101. The Morgan fingerprint density at radius 3 is 1.70 bits per heavy atom. The molecule has 0 saturated carbocycles. The third-order valence-electron chi connectivity index (χ3n) is 5.83. The van der Waals surface area contributed by atoms with Gasteiger partial charge in [-0.3, -0.25) is 14.4 Å². The highest BCUT2D eigenvalue weighted by Gasteiger charge is 2.12. The zero-order valence-corrected chi connectivity index (χ0v) is 24.4. The average molecular weight is 609 g/mol. The molecular formula is C30H30F2N6O6. The van der Waals surface area contributed by atoms with Crippen molar-refractivity contribution in [3.05, 3.63) is 106 Å². The second kappa shape index (κ2) is 15.7. The molecule has 0 bridgehead atoms. The van der Waals surface area contributed by atoms with Gasteiger partial charge in [0.1, 0.15) is 28.7 Å². The Hall–Kier alpha value is -5.37. The highest BCUT2D eigenvalue weighted by Crippen LogP contribution is 2.19. The standard InChI is InChI=1S/C15H16FN3O3.C15H14FN3O3/c2*1-9-18-11(8-20)6-13(19-9)15(21)17-7-10-3-4-12(16)14(5-10)22-2/h3-6,20H,7-8H2,1-2H3,(H,17,21);3-6,8H,7H2,1-2H3,(H,17,21). The summed E-state index contributed by atoms with van der Waals surface area (Å²) >= 11 is 0. The van der Waals surface area contributed by atoms with Crippen LogP contribution in [-0.2, 0) is 19.7 Å². The minimum atomic E-state index is -0.473. The van der Waals surface area contributed by atoms with Crippen LogP contribution in [0, 0.1) is 25.5 Å². The number of aromatic nitrogens is 4. The first-order chi connectivity index (χ1) is 21.1. The fraction of sp³-hybridized carbons (Fsp3) is 0.233. The Morgan fingerprint density at radius 1 is 0.773 bits per heavy atom. The van der Waals surface area contributed by atoms with Crippen LogP contribution in [0.5, 0.6) is 11.5 Å². The number of aliphatic hydroxyl groups is 1. The van der Waals surface area contributed by atoms with Crippen LogP contribution >= 0.6 is 0 Å². The van der Waals surface area contributed by atoms with Gasteiger partial charge >= 0.3 is 0 Å². The first kappa shape index (κ1) is 33.1. The number of halogens is 2. The van der Waals surface area contributed by atoms with Crippen LogP contribution < -0.4 is 20.1 Å². The summed E-state index contributed by atoms with van der Waals surface area (Å²) in [6.45, 7) is 3.34. The fourth-order valence-electron chi connectivity index (χ4n) is 3.77. The van der Waals surface area contributed by atoms with Crippen LogP contribution in [0.2, 0.25) is 0 Å². The van der Waals surface area contributed by atoms with Crippen LogP contribution in [0.1, 0.15) is 59.9 Å². The lowest BCUT2D eigenvalue weighted by molar-refractivity contribution is 0.0937. The summed E-state index contributed by atoms with van der Waals surface area (Å²) in [5, 5.41) is 14.4. The molecule has 44 heavy (non-hydrogen) atoms. The van der Waals surface area contributed by atoms with E-state index in [-0.39, 0.29) is 48.3 Å². The molecule has 0 aliphatic carbocycles. The maximum Gasteiger partial charge on any atom is 0.270 e. The summed E-state index contributed by atoms with van der Waals surface area (Å²) < 4.78 is 36.4. The van der Waals surface area contributed by atoms with Gasteiger partial charge in [-0.1, -0.05) is 12.1 Å². The zero-order chi connectivity index (χ0) is 32.2. The van der Waals surface area contributed by atoms with Crippen molar-refractivity contribution in [1.82, 2.24) is 30.6 Å². The van der Waals surface area contributed by atoms with Crippen LogP contribution in [-0.4, -0.2) is 57.4 Å². The molecule has 0 radical (unpaired) electrons. The maximum atomic E-state index is 13.3. The van der Waals surface area contributed by atoms with E-state index in [1.165, 1.54) is 50.6 Å². The molecular weight excluding hydrogens is 578 g/mol. The number of nitrogens with one attached hydrogen (secondary N) is 2. The molecule has 0 atom stereocenters. The molecule has 2 aromatic heterocycles. The predicted molar refractivity (Wildman–Crippen MR) is 153 cm³/mol. The molecule has 12 nitrogen and oxygen atoms in total. The van der Waals surface area contributed by atoms with Gasteiger partial charge in [0.2, 0.25) is 0 Å². The number of aryl methyl sites for hydroxylation is 2. The number of rotatable bonds is 10. The van der Waals surface area contributed by atoms with Crippen LogP contribution in [0.3, 0.4) is 0 Å². The number of carbonyl (C=O) groups excluding carboxylic acids is 3. The van der Waals surface area contributed by atoms with Gasteiger partial charge in [0.05, 0.1) is 26.5 Å². The number of methoxy groups -OCH3 is 2. The topological polar surface area (TPSA) is 166 Å². The molecule has 0 fully saturated rings. The van der Waals surface area contributed by atoms with Crippen molar-refractivity contribution in [3.63, 3.8) is 0 Å². The maximum absolute atomic E-state index is 13.3. The summed E-state index contributed by atoms with van der Waals surface area (Å²) in [4.78, 5) is 50.7. The van der Waals surface area contributed by atoms with E-state index in [4.69, 9.17) is 14.6 Å². The minimum Gasteiger partial charge on any atom is -0.494 e. The second-order valence-electron chi connectivity index (χ2n) is 9.10. The van der Waals surface area contributed by atoms with Crippen molar-refractivity contribution in [2.45, 2.75) is 33.5 Å². The zero-order valence-electron chi connectivity index (χ0n) is 24.4. The van der Waals surface area contributed by atoms with E-state index in [0.29, 0.717) is 34.8 Å². The first-order valence-corrected chi connectivity index (χ1v) is 13.0. The van der Waals surface area contributed by atoms with Gasteiger partial charge in [0.15, 0.2) is 29.4 Å². The van der Waals surface area contributed by atoms with Crippen molar-refractivity contribution in [1.29, 1.82) is 0 Å². The van der Waals surface area contributed by atoms with Crippen molar-refractivity contribution in [2.24, 2.45) is 0 Å². The van der Waals surface area contributed by atoms with E-state index in [2.05, 4.69) is 30.6 Å². The molecule has 0 saturated heterocycles. The largest absolute Gasteiger partial charge is 0.494 e. The number of aldehydes is 1. The van der Waals surface area contributed by atoms with Gasteiger partial charge in [-0.15, -0.1) is 0 Å². The molecule has 3 N–H and O–H groups in total. The Labute approximate surface area is 251 Å². The number of nitrogens with zero attached hydrogens (tertiary/aromatic N) is 4. The molecule has 2 amide bonds. The monoisotopic (exact) mass is 608 g/mol. The summed E-state index contributed by atoms with van der Waals surface area (Å²) in [5.74, 6) is -0.824. The highest BCUT2D eigenvalue weighted by molar-refractivity contribution is 5.93. The quantitative estimate of drug-likeness (QED) is 0.228. The van der Waals surface area contributed by atoms with E-state index in [1.54, 1.807) is 26.0 Å². The third kappa shape index (κ3) is 9.32. The van der Waals surface area contributed by atoms with E-state index < -0.39 is 23.4 Å². The van der Waals surface area contributed by atoms with Gasteiger partial charge in [-0.2, -0.15) is 0 Å². The Kier molecular flexibility index (Phi) is 11.9. The molecule has 230 valence electrons.